The minimum absolute atomic E-state index is 0.189. The van der Waals surface area contributed by atoms with Crippen LogP contribution < -0.4 is 5.32 Å². The van der Waals surface area contributed by atoms with Crippen LogP contribution in [0.25, 0.3) is 0 Å². The average Bonchev–Trinajstić information content (AvgIpc) is 2.54. The molecular formula is C18H17ClN2O3. The summed E-state index contributed by atoms with van der Waals surface area (Å²) in [6.07, 6.45) is 0.644. The number of hydrogen-bond acceptors (Lipinski definition) is 4. The van der Waals surface area contributed by atoms with Crippen molar-refractivity contribution in [1.29, 1.82) is 0 Å². The van der Waals surface area contributed by atoms with Crippen LogP contribution in [0.2, 0.25) is 5.02 Å². The zero-order valence-electron chi connectivity index (χ0n) is 12.9. The molecule has 2 N–H and O–H groups in total. The molecule has 0 aromatic heterocycles. The van der Waals surface area contributed by atoms with Crippen LogP contribution in [-0.2, 0) is 0 Å². The Morgan fingerprint density at radius 2 is 1.79 bits per heavy atom. The molecule has 0 unspecified atom stereocenters. The highest BCUT2D eigenvalue weighted by atomic mass is 35.5. The molecule has 24 heavy (non-hydrogen) atoms. The molecular weight excluding hydrogens is 328 g/mol. The molecule has 1 aliphatic carbocycles. The number of hydrogen-bond donors (Lipinski definition) is 2. The summed E-state index contributed by atoms with van der Waals surface area (Å²) < 4.78 is 0. The van der Waals surface area contributed by atoms with Gasteiger partial charge >= 0.3 is 0 Å². The lowest BCUT2D eigenvalue weighted by Crippen LogP contribution is -2.54. The number of aliphatic hydroxyl groups is 1. The lowest BCUT2D eigenvalue weighted by molar-refractivity contribution is -0.536. The fraction of sp³-hybridized carbons (Fsp3) is 0.333. The van der Waals surface area contributed by atoms with E-state index < -0.39 is 11.8 Å². The molecule has 6 heteroatoms. The molecule has 0 saturated heterocycles. The third-order valence-corrected chi connectivity index (χ3v) is 5.46. The van der Waals surface area contributed by atoms with E-state index in [1.165, 1.54) is 0 Å². The van der Waals surface area contributed by atoms with Crippen molar-refractivity contribution in [2.24, 2.45) is 0 Å². The van der Waals surface area contributed by atoms with Gasteiger partial charge in [-0.05, 0) is 29.3 Å². The molecule has 4 atom stereocenters. The van der Waals surface area contributed by atoms with Crippen molar-refractivity contribution in [3.05, 3.63) is 74.8 Å². The Hall–Kier alpha value is -2.11. The highest BCUT2D eigenvalue weighted by Crippen LogP contribution is 2.52. The highest BCUT2D eigenvalue weighted by molar-refractivity contribution is 6.30. The van der Waals surface area contributed by atoms with E-state index in [9.17, 15) is 15.2 Å². The minimum atomic E-state index is -1.13. The molecule has 2 bridgehead atoms. The molecule has 1 aliphatic heterocycles. The molecule has 0 amide bonds. The number of anilines is 1. The second-order valence-corrected chi connectivity index (χ2v) is 7.13. The fourth-order valence-corrected chi connectivity index (χ4v) is 4.36. The van der Waals surface area contributed by atoms with E-state index in [1.807, 2.05) is 36.4 Å². The van der Waals surface area contributed by atoms with Crippen molar-refractivity contribution in [2.75, 3.05) is 5.32 Å². The molecule has 4 rings (SSSR count). The van der Waals surface area contributed by atoms with Gasteiger partial charge in [-0.25, -0.2) is 0 Å². The van der Waals surface area contributed by atoms with E-state index in [2.05, 4.69) is 5.32 Å². The van der Waals surface area contributed by atoms with Crippen molar-refractivity contribution in [3.63, 3.8) is 0 Å². The van der Waals surface area contributed by atoms with Crippen molar-refractivity contribution < 1.29 is 10.0 Å². The first-order valence-corrected chi connectivity index (χ1v) is 8.33. The number of nitrogens with one attached hydrogen (secondary N) is 1. The van der Waals surface area contributed by atoms with E-state index in [1.54, 1.807) is 12.1 Å². The van der Waals surface area contributed by atoms with Gasteiger partial charge in [-0.3, -0.25) is 10.1 Å². The van der Waals surface area contributed by atoms with Crippen molar-refractivity contribution in [2.45, 2.75) is 36.4 Å². The van der Waals surface area contributed by atoms with E-state index in [4.69, 9.17) is 11.6 Å². The van der Waals surface area contributed by atoms with Gasteiger partial charge < -0.3 is 10.4 Å². The van der Waals surface area contributed by atoms with E-state index in [0.29, 0.717) is 17.9 Å². The van der Waals surface area contributed by atoms with Crippen LogP contribution in [0.5, 0.6) is 0 Å². The predicted molar refractivity (Wildman–Crippen MR) is 92.0 cm³/mol. The SMILES string of the molecule is O=[N+]([O-])[C@@H]1[C@@H](c2ccc(Cl)cc2)C[C@@]2(O)C[C@@H]1c1ccccc1N2. The Morgan fingerprint density at radius 1 is 1.12 bits per heavy atom. The molecule has 5 nitrogen and oxygen atoms in total. The number of para-hydroxylation sites is 1. The van der Waals surface area contributed by atoms with Crippen molar-refractivity contribution >= 4 is 17.3 Å². The molecule has 2 aromatic rings. The Kier molecular flexibility index (Phi) is 3.51. The standard InChI is InChI=1S/C18H17ClN2O3/c19-12-7-5-11(6-8-12)14-9-18(22)10-15(17(14)21(23)24)13-3-1-2-4-16(13)20-18/h1-8,14-15,17,20,22H,9-10H2/t14-,15-,17-,18-/m1/s1. The first-order chi connectivity index (χ1) is 11.5. The van der Waals surface area contributed by atoms with Crippen molar-refractivity contribution in [1.82, 2.24) is 0 Å². The fourth-order valence-electron chi connectivity index (χ4n) is 4.23. The quantitative estimate of drug-likeness (QED) is 0.642. The van der Waals surface area contributed by atoms with Crippen LogP contribution in [-0.4, -0.2) is 21.8 Å². The lowest BCUT2D eigenvalue weighted by Gasteiger charge is -2.47. The normalized spacial score (nSPS) is 31.0. The molecule has 1 fully saturated rings. The second-order valence-electron chi connectivity index (χ2n) is 6.69. The van der Waals surface area contributed by atoms with Crippen molar-refractivity contribution in [3.8, 4) is 0 Å². The third-order valence-electron chi connectivity index (χ3n) is 5.21. The number of rotatable bonds is 2. The van der Waals surface area contributed by atoms with E-state index in [0.717, 1.165) is 16.8 Å². The zero-order valence-corrected chi connectivity index (χ0v) is 13.6. The summed E-state index contributed by atoms with van der Waals surface area (Å²) in [6.45, 7) is 0. The smallest absolute Gasteiger partial charge is 0.227 e. The van der Waals surface area contributed by atoms with E-state index >= 15 is 0 Å². The van der Waals surface area contributed by atoms with Crippen LogP contribution in [0.15, 0.2) is 48.5 Å². The van der Waals surface area contributed by atoms with Crippen LogP contribution in [0.4, 0.5) is 5.69 Å². The average molecular weight is 345 g/mol. The number of halogens is 1. The summed E-state index contributed by atoms with van der Waals surface area (Å²) >= 11 is 5.94. The number of benzene rings is 2. The largest absolute Gasteiger partial charge is 0.371 e. The topological polar surface area (TPSA) is 75.4 Å². The number of fused-ring (bicyclic) bond motifs is 4. The maximum Gasteiger partial charge on any atom is 0.227 e. The molecule has 1 heterocycles. The second kappa shape index (κ2) is 5.46. The third kappa shape index (κ3) is 2.44. The first-order valence-electron chi connectivity index (χ1n) is 7.95. The maximum absolute atomic E-state index is 11.9. The van der Waals surface area contributed by atoms with Gasteiger partial charge in [0.15, 0.2) is 0 Å². The monoisotopic (exact) mass is 344 g/mol. The molecule has 0 spiro atoms. The van der Waals surface area contributed by atoms with Crippen LogP contribution in [0, 0.1) is 10.1 Å². The van der Waals surface area contributed by atoms with Gasteiger partial charge in [0, 0.05) is 28.5 Å². The Balaban J connectivity index is 1.83. The van der Waals surface area contributed by atoms with Gasteiger partial charge in [-0.1, -0.05) is 41.9 Å². The minimum Gasteiger partial charge on any atom is -0.371 e. The van der Waals surface area contributed by atoms with Gasteiger partial charge in [-0.2, -0.15) is 0 Å². The Labute approximate surface area is 144 Å². The zero-order chi connectivity index (χ0) is 16.9. The molecule has 124 valence electrons. The van der Waals surface area contributed by atoms with Gasteiger partial charge in [0.2, 0.25) is 6.04 Å². The summed E-state index contributed by atoms with van der Waals surface area (Å²) in [5.74, 6) is -0.696. The van der Waals surface area contributed by atoms with Gasteiger partial charge in [0.25, 0.3) is 0 Å². The number of nitrogens with zero attached hydrogens (tertiary/aromatic N) is 1. The lowest BCUT2D eigenvalue weighted by atomic mass is 9.66. The van der Waals surface area contributed by atoms with Crippen LogP contribution in [0.1, 0.15) is 35.8 Å². The summed E-state index contributed by atoms with van der Waals surface area (Å²) in [5, 5.41) is 26.6. The highest BCUT2D eigenvalue weighted by Gasteiger charge is 2.55. The molecule has 1 saturated carbocycles. The summed E-state index contributed by atoms with van der Waals surface area (Å²) in [4.78, 5) is 11.7. The molecule has 2 aromatic carbocycles. The Bertz CT molecular complexity index is 795. The summed E-state index contributed by atoms with van der Waals surface area (Å²) in [5.41, 5.74) is 1.40. The maximum atomic E-state index is 11.9. The molecule has 2 aliphatic rings. The van der Waals surface area contributed by atoms with Gasteiger partial charge in [0.1, 0.15) is 5.72 Å². The molecule has 0 radical (unpaired) electrons. The van der Waals surface area contributed by atoms with Gasteiger partial charge in [0.05, 0.1) is 11.8 Å². The summed E-state index contributed by atoms with van der Waals surface area (Å²) in [6, 6.07) is 13.9. The van der Waals surface area contributed by atoms with Crippen LogP contribution in [0.3, 0.4) is 0 Å². The van der Waals surface area contributed by atoms with Gasteiger partial charge in [-0.15, -0.1) is 0 Å². The summed E-state index contributed by atoms with van der Waals surface area (Å²) in [7, 11) is 0. The predicted octanol–water partition coefficient (Wildman–Crippen LogP) is 3.76. The first kappa shape index (κ1) is 15.4. The van der Waals surface area contributed by atoms with Crippen LogP contribution >= 0.6 is 11.6 Å². The number of nitro groups is 1. The Morgan fingerprint density at radius 3 is 2.50 bits per heavy atom. The van der Waals surface area contributed by atoms with E-state index in [-0.39, 0.29) is 16.8 Å².